The number of imidazole rings is 1. The van der Waals surface area contributed by atoms with Crippen molar-refractivity contribution in [2.45, 2.75) is 45.2 Å². The number of halogens is 1. The van der Waals surface area contributed by atoms with E-state index in [1.807, 2.05) is 70.8 Å². The number of pyridine rings is 2. The lowest BCUT2D eigenvalue weighted by Crippen LogP contribution is -2.39. The van der Waals surface area contributed by atoms with Gasteiger partial charge < -0.3 is 5.32 Å². The molecule has 0 saturated heterocycles. The van der Waals surface area contributed by atoms with Gasteiger partial charge in [0.25, 0.3) is 5.91 Å². The summed E-state index contributed by atoms with van der Waals surface area (Å²) in [6.45, 7) is 2.47. The van der Waals surface area contributed by atoms with Crippen LogP contribution >= 0.6 is 11.6 Å². The second-order valence-electron chi connectivity index (χ2n) is 10.1. The van der Waals surface area contributed by atoms with Gasteiger partial charge in [0.1, 0.15) is 0 Å². The van der Waals surface area contributed by atoms with Crippen molar-refractivity contribution in [2.75, 3.05) is 0 Å². The number of aryl methyl sites for hydroxylation is 1. The molecule has 6 rings (SSSR count). The number of carbonyl (C=O) groups excluding carboxylic acids is 1. The molecule has 0 radical (unpaired) electrons. The van der Waals surface area contributed by atoms with Crippen molar-refractivity contribution in [2.24, 2.45) is 5.92 Å². The summed E-state index contributed by atoms with van der Waals surface area (Å²) < 4.78 is 3.72. The molecule has 38 heavy (non-hydrogen) atoms. The zero-order chi connectivity index (χ0) is 26.2. The van der Waals surface area contributed by atoms with Crippen LogP contribution in [-0.2, 0) is 6.54 Å². The molecule has 0 aliphatic heterocycles. The summed E-state index contributed by atoms with van der Waals surface area (Å²) in [4.78, 5) is 35.0. The van der Waals surface area contributed by atoms with Crippen molar-refractivity contribution in [1.82, 2.24) is 24.4 Å². The molecule has 3 aromatic heterocycles. The van der Waals surface area contributed by atoms with E-state index in [4.69, 9.17) is 11.6 Å². The Hall–Kier alpha value is -3.97. The highest BCUT2D eigenvalue weighted by molar-refractivity contribution is 6.30. The van der Waals surface area contributed by atoms with Crippen LogP contribution in [0, 0.1) is 12.8 Å². The molecule has 0 atom stereocenters. The van der Waals surface area contributed by atoms with Crippen LogP contribution in [0.25, 0.3) is 27.5 Å². The first-order chi connectivity index (χ1) is 18.5. The molecular weight excluding hydrogens is 498 g/mol. The molecule has 1 amide bonds. The van der Waals surface area contributed by atoms with Gasteiger partial charge in [-0.05, 0) is 80.3 Å². The van der Waals surface area contributed by atoms with E-state index < -0.39 is 0 Å². The van der Waals surface area contributed by atoms with Crippen LogP contribution in [0.1, 0.15) is 41.7 Å². The van der Waals surface area contributed by atoms with Crippen LogP contribution < -0.4 is 11.0 Å². The number of amides is 1. The van der Waals surface area contributed by atoms with Gasteiger partial charge in [-0.15, -0.1) is 0 Å². The molecule has 0 unspecified atom stereocenters. The summed E-state index contributed by atoms with van der Waals surface area (Å²) in [5.41, 5.74) is 3.84. The van der Waals surface area contributed by atoms with E-state index in [0.717, 1.165) is 53.2 Å². The summed E-state index contributed by atoms with van der Waals surface area (Å²) in [6, 6.07) is 17.7. The van der Waals surface area contributed by atoms with Crippen LogP contribution in [0.5, 0.6) is 0 Å². The average molecular weight is 526 g/mol. The zero-order valence-corrected chi connectivity index (χ0v) is 21.9. The number of carbonyl (C=O) groups is 1. The zero-order valence-electron chi connectivity index (χ0n) is 21.1. The van der Waals surface area contributed by atoms with Crippen molar-refractivity contribution >= 4 is 39.3 Å². The van der Waals surface area contributed by atoms with Crippen molar-refractivity contribution in [1.29, 1.82) is 0 Å². The van der Waals surface area contributed by atoms with E-state index in [9.17, 15) is 9.59 Å². The summed E-state index contributed by atoms with van der Waals surface area (Å²) in [5, 5.41) is 5.69. The summed E-state index contributed by atoms with van der Waals surface area (Å²) >= 11 is 6.05. The van der Waals surface area contributed by atoms with Gasteiger partial charge in [-0.2, -0.15) is 0 Å². The van der Waals surface area contributed by atoms with Crippen molar-refractivity contribution in [3.8, 4) is 5.69 Å². The number of nitrogens with zero attached hydrogens (tertiary/aromatic N) is 4. The predicted octanol–water partition coefficient (Wildman–Crippen LogP) is 5.69. The third kappa shape index (κ3) is 4.58. The minimum absolute atomic E-state index is 0.0287. The molecule has 3 heterocycles. The maximum Gasteiger partial charge on any atom is 0.333 e. The molecule has 5 aromatic rings. The molecule has 2 aromatic carbocycles. The third-order valence-corrected chi connectivity index (χ3v) is 7.85. The Kier molecular flexibility index (Phi) is 6.45. The van der Waals surface area contributed by atoms with Gasteiger partial charge in [0.15, 0.2) is 0 Å². The number of nitrogens with one attached hydrogen (secondary N) is 1. The smallest absolute Gasteiger partial charge is 0.333 e. The molecule has 8 heteroatoms. The van der Waals surface area contributed by atoms with Gasteiger partial charge in [0.2, 0.25) is 0 Å². The molecule has 1 N–H and O–H groups in total. The van der Waals surface area contributed by atoms with Gasteiger partial charge in [0, 0.05) is 36.6 Å². The fourth-order valence-corrected chi connectivity index (χ4v) is 5.75. The highest BCUT2D eigenvalue weighted by Crippen LogP contribution is 2.28. The molecule has 1 fully saturated rings. The summed E-state index contributed by atoms with van der Waals surface area (Å²) in [6.07, 6.45) is 8.76. The van der Waals surface area contributed by atoms with Gasteiger partial charge in [-0.3, -0.25) is 23.9 Å². The monoisotopic (exact) mass is 525 g/mol. The summed E-state index contributed by atoms with van der Waals surface area (Å²) in [5.74, 6) is 0.226. The van der Waals surface area contributed by atoms with Crippen LogP contribution in [0.15, 0.2) is 78.0 Å². The normalized spacial score (nSPS) is 17.6. The number of hydrogen-bond acceptors (Lipinski definition) is 4. The van der Waals surface area contributed by atoms with E-state index >= 15 is 0 Å². The molecule has 1 saturated carbocycles. The lowest BCUT2D eigenvalue weighted by Gasteiger charge is -2.29. The second kappa shape index (κ2) is 10.1. The number of aromatic nitrogens is 4. The van der Waals surface area contributed by atoms with Gasteiger partial charge >= 0.3 is 5.69 Å². The van der Waals surface area contributed by atoms with Crippen molar-refractivity contribution in [3.63, 3.8) is 0 Å². The topological polar surface area (TPSA) is 81.8 Å². The SMILES string of the molecule is Cc1ncc(Cl)cc1C(=O)NC1CCC(Cn2c(=O)n(-c3ccc4cnccc4c3)c3ccccc32)CC1. The number of benzene rings is 2. The van der Waals surface area contributed by atoms with Crippen molar-refractivity contribution < 1.29 is 4.79 Å². The lowest BCUT2D eigenvalue weighted by atomic mass is 9.85. The maximum atomic E-state index is 13.8. The largest absolute Gasteiger partial charge is 0.349 e. The number of para-hydroxylation sites is 2. The van der Waals surface area contributed by atoms with E-state index in [-0.39, 0.29) is 17.6 Å². The molecule has 0 bridgehead atoms. The summed E-state index contributed by atoms with van der Waals surface area (Å²) in [7, 11) is 0. The Labute approximate surface area is 225 Å². The van der Waals surface area contributed by atoms with Crippen LogP contribution in [0.2, 0.25) is 5.02 Å². The minimum Gasteiger partial charge on any atom is -0.349 e. The number of rotatable bonds is 5. The van der Waals surface area contributed by atoms with Crippen LogP contribution in [0.4, 0.5) is 0 Å². The van der Waals surface area contributed by atoms with Gasteiger partial charge in [-0.25, -0.2) is 4.79 Å². The first-order valence-corrected chi connectivity index (χ1v) is 13.3. The van der Waals surface area contributed by atoms with Gasteiger partial charge in [0.05, 0.1) is 33.0 Å². The third-order valence-electron chi connectivity index (χ3n) is 7.64. The van der Waals surface area contributed by atoms with Crippen LogP contribution in [0.3, 0.4) is 0 Å². The highest BCUT2D eigenvalue weighted by atomic mass is 35.5. The second-order valence-corrected chi connectivity index (χ2v) is 10.5. The Morgan fingerprint density at radius 3 is 2.61 bits per heavy atom. The van der Waals surface area contributed by atoms with E-state index in [1.165, 1.54) is 0 Å². The molecule has 7 nitrogen and oxygen atoms in total. The minimum atomic E-state index is -0.133. The Bertz CT molecular complexity index is 1720. The molecule has 1 aliphatic rings. The Morgan fingerprint density at radius 2 is 1.79 bits per heavy atom. The fraction of sp³-hybridized carbons (Fsp3) is 0.267. The maximum absolute atomic E-state index is 13.8. The average Bonchev–Trinajstić information content (AvgIpc) is 3.21. The van der Waals surface area contributed by atoms with Crippen LogP contribution in [-0.4, -0.2) is 31.1 Å². The van der Waals surface area contributed by atoms with E-state index in [2.05, 4.69) is 15.3 Å². The molecule has 0 spiro atoms. The number of fused-ring (bicyclic) bond motifs is 2. The van der Waals surface area contributed by atoms with E-state index in [1.54, 1.807) is 18.5 Å². The van der Waals surface area contributed by atoms with Gasteiger partial charge in [-0.1, -0.05) is 29.8 Å². The first-order valence-electron chi connectivity index (χ1n) is 13.0. The van der Waals surface area contributed by atoms with E-state index in [0.29, 0.717) is 28.7 Å². The molecule has 192 valence electrons. The molecule has 1 aliphatic carbocycles. The fourth-order valence-electron chi connectivity index (χ4n) is 5.59. The quantitative estimate of drug-likeness (QED) is 0.320. The predicted molar refractivity (Wildman–Crippen MR) is 150 cm³/mol. The first kappa shape index (κ1) is 24.4. The van der Waals surface area contributed by atoms with Crippen molar-refractivity contribution in [3.05, 3.63) is 100.0 Å². The lowest BCUT2D eigenvalue weighted by molar-refractivity contribution is 0.0919. The highest BCUT2D eigenvalue weighted by Gasteiger charge is 2.25. The number of hydrogen-bond donors (Lipinski definition) is 1. The Balaban J connectivity index is 1.21. The molecular formula is C30H28ClN5O2. The standard InChI is InChI=1S/C30H28ClN5O2/c1-19-26(15-23(31)17-33-19)29(37)34-24-9-6-20(7-10-24)18-35-27-4-2-3-5-28(27)36(30(35)38)25-11-8-22-16-32-13-12-21(22)14-25/h2-5,8,11-17,20,24H,6-7,9-10,18H2,1H3,(H,34,37). The Morgan fingerprint density at radius 1 is 1.00 bits per heavy atom.